The molecule has 5 heteroatoms. The molecule has 0 fully saturated rings. The van der Waals surface area contributed by atoms with Gasteiger partial charge in [0.05, 0.1) is 11.3 Å². The number of rotatable bonds is 5. The van der Waals surface area contributed by atoms with E-state index in [9.17, 15) is 9.59 Å². The Morgan fingerprint density at radius 3 is 2.75 bits per heavy atom. The van der Waals surface area contributed by atoms with Gasteiger partial charge in [-0.2, -0.15) is 0 Å². The number of fused-ring (bicyclic) bond motifs is 1. The second-order valence-corrected chi connectivity index (χ2v) is 6.08. The van der Waals surface area contributed by atoms with Gasteiger partial charge in [0.1, 0.15) is 0 Å². The first-order chi connectivity index (χ1) is 9.40. The molecule has 1 heterocycles. The monoisotopic (exact) mass is 336 g/mol. The Morgan fingerprint density at radius 2 is 2.10 bits per heavy atom. The van der Waals surface area contributed by atoms with E-state index < -0.39 is 11.7 Å². The Labute approximate surface area is 127 Å². The van der Waals surface area contributed by atoms with Crippen LogP contribution in [0.25, 0.3) is 0 Å². The van der Waals surface area contributed by atoms with Gasteiger partial charge in [-0.05, 0) is 23.8 Å². The summed E-state index contributed by atoms with van der Waals surface area (Å²) < 4.78 is 0.842. The van der Waals surface area contributed by atoms with Gasteiger partial charge in [0, 0.05) is 23.6 Å². The van der Waals surface area contributed by atoms with Crippen molar-refractivity contribution in [3.8, 4) is 0 Å². The average molecular weight is 337 g/mol. The van der Waals surface area contributed by atoms with E-state index in [0.29, 0.717) is 30.4 Å². The summed E-state index contributed by atoms with van der Waals surface area (Å²) in [6, 6.07) is 5.59. The average Bonchev–Trinajstić information content (AvgIpc) is 2.61. The fourth-order valence-electron chi connectivity index (χ4n) is 2.05. The van der Waals surface area contributed by atoms with E-state index in [1.165, 1.54) is 4.90 Å². The van der Waals surface area contributed by atoms with E-state index in [2.05, 4.69) is 27.8 Å². The van der Waals surface area contributed by atoms with Gasteiger partial charge < -0.3 is 10.2 Å². The Kier molecular flexibility index (Phi) is 4.40. The molecular weight excluding hydrogens is 320 g/mol. The number of anilines is 1. The van der Waals surface area contributed by atoms with Gasteiger partial charge in [-0.1, -0.05) is 36.4 Å². The predicted molar refractivity (Wildman–Crippen MR) is 83.1 cm³/mol. The van der Waals surface area contributed by atoms with Crippen molar-refractivity contribution in [3.05, 3.63) is 40.4 Å². The van der Waals surface area contributed by atoms with Crippen LogP contribution in [-0.4, -0.2) is 30.8 Å². The second kappa shape index (κ2) is 5.89. The number of amides is 1. The Morgan fingerprint density at radius 1 is 1.40 bits per heavy atom. The van der Waals surface area contributed by atoms with Gasteiger partial charge in [0.15, 0.2) is 0 Å². The van der Waals surface area contributed by atoms with Gasteiger partial charge in [-0.15, -0.1) is 0 Å². The third-order valence-electron chi connectivity index (χ3n) is 3.08. The normalized spacial score (nSPS) is 14.1. The highest BCUT2D eigenvalue weighted by Gasteiger charge is 2.35. The first kappa shape index (κ1) is 14.9. The lowest BCUT2D eigenvalue weighted by Crippen LogP contribution is -2.34. The molecule has 20 heavy (non-hydrogen) atoms. The Bertz CT molecular complexity index is 581. The molecule has 0 bridgehead atoms. The van der Waals surface area contributed by atoms with E-state index in [0.717, 1.165) is 10.0 Å². The fraction of sp³-hybridized carbons (Fsp3) is 0.333. The van der Waals surface area contributed by atoms with E-state index in [4.69, 9.17) is 0 Å². The number of carbonyl (C=O) groups excluding carboxylic acids is 2. The van der Waals surface area contributed by atoms with Crippen molar-refractivity contribution in [1.29, 1.82) is 0 Å². The zero-order valence-corrected chi connectivity index (χ0v) is 13.2. The molecular formula is C15H17BrN2O2. The van der Waals surface area contributed by atoms with Gasteiger partial charge >= 0.3 is 0 Å². The molecule has 0 spiro atoms. The van der Waals surface area contributed by atoms with Crippen molar-refractivity contribution < 1.29 is 9.59 Å². The van der Waals surface area contributed by atoms with Crippen LogP contribution in [0.4, 0.5) is 5.69 Å². The molecule has 0 aromatic heterocycles. The van der Waals surface area contributed by atoms with Crippen molar-refractivity contribution in [3.63, 3.8) is 0 Å². The van der Waals surface area contributed by atoms with Crippen LogP contribution in [-0.2, 0) is 4.79 Å². The quantitative estimate of drug-likeness (QED) is 0.664. The Balaban J connectivity index is 2.17. The summed E-state index contributed by atoms with van der Waals surface area (Å²) in [5.41, 5.74) is 1.98. The summed E-state index contributed by atoms with van der Waals surface area (Å²) in [6.07, 6.45) is 0. The largest absolute Gasteiger partial charge is 0.311 e. The summed E-state index contributed by atoms with van der Waals surface area (Å²) in [6.45, 7) is 9.04. The molecule has 0 atom stereocenters. The molecule has 0 radical (unpaired) electrons. The van der Waals surface area contributed by atoms with Crippen LogP contribution < -0.4 is 10.2 Å². The molecule has 0 unspecified atom stereocenters. The molecule has 1 amide bonds. The summed E-state index contributed by atoms with van der Waals surface area (Å²) in [4.78, 5) is 25.5. The number of hydrogen-bond donors (Lipinski definition) is 1. The van der Waals surface area contributed by atoms with Crippen molar-refractivity contribution >= 4 is 33.3 Å². The number of halogens is 1. The van der Waals surface area contributed by atoms with Crippen molar-refractivity contribution in [2.24, 2.45) is 0 Å². The van der Waals surface area contributed by atoms with Gasteiger partial charge in [-0.3, -0.25) is 9.59 Å². The Hall–Kier alpha value is -1.46. The topological polar surface area (TPSA) is 49.4 Å². The molecule has 1 aliphatic heterocycles. The zero-order chi connectivity index (χ0) is 14.9. The first-order valence-corrected chi connectivity index (χ1v) is 7.25. The van der Waals surface area contributed by atoms with Gasteiger partial charge in [0.25, 0.3) is 11.7 Å². The third kappa shape index (κ3) is 2.99. The molecule has 0 aliphatic carbocycles. The molecule has 0 saturated heterocycles. The maximum absolute atomic E-state index is 12.0. The van der Waals surface area contributed by atoms with Crippen molar-refractivity contribution in [2.45, 2.75) is 19.9 Å². The van der Waals surface area contributed by atoms with Gasteiger partial charge in [0.2, 0.25) is 0 Å². The highest BCUT2D eigenvalue weighted by Crippen LogP contribution is 2.31. The smallest absolute Gasteiger partial charge is 0.299 e. The molecule has 4 nitrogen and oxygen atoms in total. The number of ketones is 1. The molecule has 1 aliphatic rings. The minimum Gasteiger partial charge on any atom is -0.311 e. The van der Waals surface area contributed by atoms with E-state index in [1.807, 2.05) is 13.8 Å². The lowest BCUT2D eigenvalue weighted by molar-refractivity contribution is -0.114. The van der Waals surface area contributed by atoms with Crippen LogP contribution in [0.1, 0.15) is 24.2 Å². The van der Waals surface area contributed by atoms with E-state index >= 15 is 0 Å². The number of benzene rings is 1. The second-order valence-electron chi connectivity index (χ2n) is 5.17. The number of nitrogens with one attached hydrogen (secondary N) is 1. The predicted octanol–water partition coefficient (Wildman–Crippen LogP) is 2.53. The van der Waals surface area contributed by atoms with E-state index in [-0.39, 0.29) is 0 Å². The minimum atomic E-state index is -0.483. The summed E-state index contributed by atoms with van der Waals surface area (Å²) in [7, 11) is 0. The highest BCUT2D eigenvalue weighted by atomic mass is 79.9. The summed E-state index contributed by atoms with van der Waals surface area (Å²) in [5, 5.41) is 3.25. The molecule has 106 valence electrons. The van der Waals surface area contributed by atoms with Gasteiger partial charge in [-0.25, -0.2) is 0 Å². The number of nitrogens with zero attached hydrogens (tertiary/aromatic N) is 1. The lowest BCUT2D eigenvalue weighted by atomic mass is 10.1. The lowest BCUT2D eigenvalue weighted by Gasteiger charge is -2.19. The van der Waals surface area contributed by atoms with Crippen molar-refractivity contribution in [1.82, 2.24) is 5.32 Å². The standard InChI is InChI=1S/C15H17BrN2O2/c1-9(2)17-7-10(3)8-18-13-6-11(16)4-5-12(13)14(19)15(18)20/h4-6,9,17H,3,7-8H2,1-2H3. The molecule has 1 aromatic rings. The number of Topliss-reactive ketones (excluding diaryl/α,β-unsaturated/α-hetero) is 1. The first-order valence-electron chi connectivity index (χ1n) is 6.46. The zero-order valence-electron chi connectivity index (χ0n) is 11.6. The summed E-state index contributed by atoms with van der Waals surface area (Å²) >= 11 is 3.36. The SMILES string of the molecule is C=C(CNC(C)C)CN1C(=O)C(=O)c2ccc(Br)cc21. The van der Waals surface area contributed by atoms with Crippen LogP contribution in [0.15, 0.2) is 34.8 Å². The van der Waals surface area contributed by atoms with Crippen LogP contribution >= 0.6 is 15.9 Å². The maximum Gasteiger partial charge on any atom is 0.299 e. The third-order valence-corrected chi connectivity index (χ3v) is 3.57. The number of carbonyl (C=O) groups is 2. The summed E-state index contributed by atoms with van der Waals surface area (Å²) in [5.74, 6) is -0.930. The minimum absolute atomic E-state index is 0.351. The molecule has 1 N–H and O–H groups in total. The fourth-order valence-corrected chi connectivity index (χ4v) is 2.40. The maximum atomic E-state index is 12.0. The van der Waals surface area contributed by atoms with Crippen LogP contribution in [0.5, 0.6) is 0 Å². The van der Waals surface area contributed by atoms with E-state index in [1.54, 1.807) is 18.2 Å². The van der Waals surface area contributed by atoms with Crippen LogP contribution in [0.2, 0.25) is 0 Å². The number of hydrogen-bond acceptors (Lipinski definition) is 3. The molecule has 0 saturated carbocycles. The van der Waals surface area contributed by atoms with Crippen LogP contribution in [0.3, 0.4) is 0 Å². The van der Waals surface area contributed by atoms with Crippen LogP contribution in [0, 0.1) is 0 Å². The van der Waals surface area contributed by atoms with Crippen molar-refractivity contribution in [2.75, 3.05) is 18.0 Å². The molecule has 1 aromatic carbocycles. The molecule has 2 rings (SSSR count). The highest BCUT2D eigenvalue weighted by molar-refractivity contribution is 9.10.